The Morgan fingerprint density at radius 2 is 1.46 bits per heavy atom. The molecule has 2 amide bonds. The molecule has 3 aromatic rings. The number of hydrogen-bond acceptors (Lipinski definition) is 4. The van der Waals surface area contributed by atoms with Crippen LogP contribution in [0.1, 0.15) is 50.3 Å². The predicted octanol–water partition coefficient (Wildman–Crippen LogP) is 5.22. The van der Waals surface area contributed by atoms with Crippen LogP contribution in [0.2, 0.25) is 0 Å². The number of rotatable bonds is 12. The fourth-order valence-corrected chi connectivity index (χ4v) is 5.73. The molecule has 7 nitrogen and oxygen atoms in total. The van der Waals surface area contributed by atoms with Gasteiger partial charge in [-0.2, -0.15) is 0 Å². The summed E-state index contributed by atoms with van der Waals surface area (Å²) < 4.78 is 28.8. The molecule has 8 heteroatoms. The van der Waals surface area contributed by atoms with Crippen molar-refractivity contribution in [1.29, 1.82) is 0 Å². The first-order chi connectivity index (χ1) is 18.6. The van der Waals surface area contributed by atoms with Crippen molar-refractivity contribution in [3.63, 3.8) is 0 Å². The topological polar surface area (TPSA) is 86.8 Å². The first-order valence-corrected chi connectivity index (χ1v) is 14.8. The van der Waals surface area contributed by atoms with Crippen molar-refractivity contribution in [2.24, 2.45) is 0 Å². The van der Waals surface area contributed by atoms with Crippen molar-refractivity contribution in [3.05, 3.63) is 95.6 Å². The highest BCUT2D eigenvalue weighted by atomic mass is 32.2. The van der Waals surface area contributed by atoms with Crippen LogP contribution in [0, 0.1) is 13.8 Å². The highest BCUT2D eigenvalue weighted by molar-refractivity contribution is 7.92. The molecule has 0 unspecified atom stereocenters. The van der Waals surface area contributed by atoms with Gasteiger partial charge in [-0.15, -0.1) is 0 Å². The van der Waals surface area contributed by atoms with E-state index >= 15 is 0 Å². The van der Waals surface area contributed by atoms with Gasteiger partial charge in [-0.25, -0.2) is 8.42 Å². The van der Waals surface area contributed by atoms with Crippen LogP contribution < -0.4 is 9.62 Å². The first kappa shape index (κ1) is 29.9. The molecule has 0 radical (unpaired) electrons. The third-order valence-corrected chi connectivity index (χ3v) is 8.71. The van der Waals surface area contributed by atoms with Gasteiger partial charge >= 0.3 is 0 Å². The van der Waals surface area contributed by atoms with Crippen LogP contribution in [0.15, 0.2) is 83.8 Å². The van der Waals surface area contributed by atoms with E-state index in [0.717, 1.165) is 27.4 Å². The van der Waals surface area contributed by atoms with Crippen LogP contribution in [-0.2, 0) is 26.2 Å². The summed E-state index contributed by atoms with van der Waals surface area (Å²) in [6.45, 7) is 9.37. The lowest BCUT2D eigenvalue weighted by molar-refractivity contribution is -0.140. The van der Waals surface area contributed by atoms with Gasteiger partial charge in [0.2, 0.25) is 11.8 Å². The summed E-state index contributed by atoms with van der Waals surface area (Å²) >= 11 is 0. The molecule has 0 bridgehead atoms. The summed E-state index contributed by atoms with van der Waals surface area (Å²) in [5.74, 6) is -0.703. The van der Waals surface area contributed by atoms with E-state index in [0.29, 0.717) is 12.1 Å². The quantitative estimate of drug-likeness (QED) is 0.336. The van der Waals surface area contributed by atoms with E-state index in [4.69, 9.17) is 0 Å². The van der Waals surface area contributed by atoms with Crippen LogP contribution in [0.5, 0.6) is 0 Å². The van der Waals surface area contributed by atoms with Crippen LogP contribution in [0.3, 0.4) is 0 Å². The molecule has 0 aliphatic rings. The maximum absolute atomic E-state index is 14.1. The number of amides is 2. The fourth-order valence-electron chi connectivity index (χ4n) is 4.29. The number of carbonyl (C=O) groups is 2. The summed E-state index contributed by atoms with van der Waals surface area (Å²) in [5, 5.41) is 3.00. The van der Waals surface area contributed by atoms with Gasteiger partial charge in [-0.3, -0.25) is 13.9 Å². The Bertz CT molecular complexity index is 1360. The Morgan fingerprint density at radius 1 is 0.846 bits per heavy atom. The third kappa shape index (κ3) is 7.47. The molecule has 0 saturated heterocycles. The molecule has 39 heavy (non-hydrogen) atoms. The second-order valence-electron chi connectivity index (χ2n) is 9.85. The minimum absolute atomic E-state index is 0.0514. The number of benzene rings is 3. The highest BCUT2D eigenvalue weighted by Crippen LogP contribution is 2.25. The average Bonchev–Trinajstić information content (AvgIpc) is 2.93. The molecule has 0 aliphatic carbocycles. The summed E-state index contributed by atoms with van der Waals surface area (Å²) in [4.78, 5) is 29.0. The van der Waals surface area contributed by atoms with Crippen molar-refractivity contribution < 1.29 is 18.0 Å². The summed E-state index contributed by atoms with van der Waals surface area (Å²) in [6.07, 6.45) is 1.14. The molecule has 0 saturated carbocycles. The average molecular weight is 550 g/mol. The molecule has 0 heterocycles. The van der Waals surface area contributed by atoms with Crippen LogP contribution in [0.4, 0.5) is 5.69 Å². The lowest BCUT2D eigenvalue weighted by Gasteiger charge is -2.34. The molecule has 2 atom stereocenters. The number of nitrogens with one attached hydrogen (secondary N) is 1. The summed E-state index contributed by atoms with van der Waals surface area (Å²) in [5.41, 5.74) is 3.23. The standard InChI is InChI=1S/C31H39N3O4S/c1-6-25(5)32-31(36)29(7-2)33(21-26-14-12-11-13-24(26)4)30(35)22-34(27-19-17-23(3)18-20-27)39(37,38)28-15-9-8-10-16-28/h8-20,25,29H,6-7,21-22H2,1-5H3,(H,32,36)/t25-,29-/m1/s1. The maximum atomic E-state index is 14.1. The van der Waals surface area contributed by atoms with Crippen molar-refractivity contribution >= 4 is 27.5 Å². The number of hydrogen-bond donors (Lipinski definition) is 1. The Balaban J connectivity index is 2.05. The molecule has 0 aliphatic heterocycles. The van der Waals surface area contributed by atoms with Crippen molar-refractivity contribution in [2.45, 2.75) is 71.0 Å². The minimum Gasteiger partial charge on any atom is -0.352 e. The molecular weight excluding hydrogens is 510 g/mol. The van der Waals surface area contributed by atoms with Gasteiger partial charge in [-0.1, -0.05) is 74.0 Å². The van der Waals surface area contributed by atoms with E-state index in [1.807, 2.05) is 71.0 Å². The van der Waals surface area contributed by atoms with Gasteiger partial charge < -0.3 is 10.2 Å². The number of aryl methyl sites for hydroxylation is 2. The number of nitrogens with zero attached hydrogens (tertiary/aromatic N) is 2. The molecule has 0 spiro atoms. The number of anilines is 1. The smallest absolute Gasteiger partial charge is 0.264 e. The Labute approximate surface area is 232 Å². The zero-order valence-electron chi connectivity index (χ0n) is 23.4. The van der Waals surface area contributed by atoms with E-state index < -0.39 is 28.5 Å². The van der Waals surface area contributed by atoms with Gasteiger partial charge in [0, 0.05) is 12.6 Å². The van der Waals surface area contributed by atoms with E-state index in [9.17, 15) is 18.0 Å². The largest absolute Gasteiger partial charge is 0.352 e. The Kier molecular flexibility index (Phi) is 10.3. The van der Waals surface area contributed by atoms with Gasteiger partial charge in [0.25, 0.3) is 10.0 Å². The van der Waals surface area contributed by atoms with Gasteiger partial charge in [-0.05, 0) is 69.0 Å². The van der Waals surface area contributed by atoms with Crippen LogP contribution in [-0.4, -0.2) is 43.8 Å². The van der Waals surface area contributed by atoms with E-state index in [2.05, 4.69) is 5.32 Å². The van der Waals surface area contributed by atoms with E-state index in [1.165, 1.54) is 17.0 Å². The summed E-state index contributed by atoms with van der Waals surface area (Å²) in [7, 11) is -4.07. The van der Waals surface area contributed by atoms with Gasteiger partial charge in [0.05, 0.1) is 10.6 Å². The van der Waals surface area contributed by atoms with Crippen LogP contribution >= 0.6 is 0 Å². The Hall–Kier alpha value is -3.65. The SMILES string of the molecule is CC[C@@H](C)NC(=O)[C@@H](CC)N(Cc1ccccc1C)C(=O)CN(c1ccc(C)cc1)S(=O)(=O)c1ccccc1. The van der Waals surface area contributed by atoms with Gasteiger partial charge in [0.1, 0.15) is 12.6 Å². The highest BCUT2D eigenvalue weighted by Gasteiger charge is 2.34. The fraction of sp³-hybridized carbons (Fsp3) is 0.355. The third-order valence-electron chi connectivity index (χ3n) is 6.92. The number of sulfonamides is 1. The molecule has 1 N–H and O–H groups in total. The first-order valence-electron chi connectivity index (χ1n) is 13.4. The summed E-state index contributed by atoms with van der Waals surface area (Å²) in [6, 6.07) is 22.0. The van der Waals surface area contributed by atoms with E-state index in [-0.39, 0.29) is 23.4 Å². The number of carbonyl (C=O) groups excluding carboxylic acids is 2. The minimum atomic E-state index is -4.07. The second kappa shape index (κ2) is 13.4. The van der Waals surface area contributed by atoms with Crippen LogP contribution in [0.25, 0.3) is 0 Å². The van der Waals surface area contributed by atoms with E-state index in [1.54, 1.807) is 30.3 Å². The monoisotopic (exact) mass is 549 g/mol. The normalized spacial score (nSPS) is 12.8. The van der Waals surface area contributed by atoms with Crippen molar-refractivity contribution in [1.82, 2.24) is 10.2 Å². The molecular formula is C31H39N3O4S. The zero-order chi connectivity index (χ0) is 28.6. The molecule has 208 valence electrons. The van der Waals surface area contributed by atoms with Crippen molar-refractivity contribution in [2.75, 3.05) is 10.8 Å². The molecule has 3 rings (SSSR count). The molecule has 0 aromatic heterocycles. The predicted molar refractivity (Wildman–Crippen MR) is 156 cm³/mol. The molecule has 0 fully saturated rings. The molecule has 3 aromatic carbocycles. The Morgan fingerprint density at radius 3 is 2.05 bits per heavy atom. The second-order valence-corrected chi connectivity index (χ2v) is 11.7. The lowest BCUT2D eigenvalue weighted by atomic mass is 10.1. The lowest BCUT2D eigenvalue weighted by Crippen LogP contribution is -2.53. The zero-order valence-corrected chi connectivity index (χ0v) is 24.2. The maximum Gasteiger partial charge on any atom is 0.264 e. The van der Waals surface area contributed by atoms with Crippen molar-refractivity contribution in [3.8, 4) is 0 Å². The van der Waals surface area contributed by atoms with Gasteiger partial charge in [0.15, 0.2) is 0 Å².